The Labute approximate surface area is 106 Å². The van der Waals surface area contributed by atoms with Crippen molar-refractivity contribution in [1.82, 2.24) is 15.0 Å². The van der Waals surface area contributed by atoms with E-state index in [1.807, 2.05) is 13.8 Å². The number of ether oxygens (including phenoxy) is 2. The topological polar surface area (TPSA) is 92.3 Å². The van der Waals surface area contributed by atoms with Crippen LogP contribution >= 0.6 is 0 Å². The molecule has 2 N–H and O–H groups in total. The summed E-state index contributed by atoms with van der Waals surface area (Å²) < 4.78 is 11.9. The molecule has 1 aromatic rings. The first kappa shape index (κ1) is 14.6. The summed E-state index contributed by atoms with van der Waals surface area (Å²) in [5, 5.41) is 7.70. The fraction of sp³-hybridized carbons (Fsp3) is 0.727. The standard InChI is InChI=1S/C11H20N4O3/c1-4-17-11(16)10-9(7-12)15(14-13-10)5-6-18-8(2)3/h8H,4-7,12H2,1-3H3. The van der Waals surface area contributed by atoms with Gasteiger partial charge in [-0.3, -0.25) is 0 Å². The lowest BCUT2D eigenvalue weighted by atomic mass is 10.3. The molecule has 0 aliphatic rings. The molecule has 0 aromatic carbocycles. The number of nitrogens with two attached hydrogens (primary N) is 1. The Morgan fingerprint density at radius 2 is 2.22 bits per heavy atom. The van der Waals surface area contributed by atoms with Crippen molar-refractivity contribution in [3.8, 4) is 0 Å². The van der Waals surface area contributed by atoms with Crippen LogP contribution < -0.4 is 5.73 Å². The molecular weight excluding hydrogens is 236 g/mol. The Morgan fingerprint density at radius 3 is 2.78 bits per heavy atom. The van der Waals surface area contributed by atoms with E-state index in [4.69, 9.17) is 15.2 Å². The first-order chi connectivity index (χ1) is 8.60. The molecule has 0 amide bonds. The fourth-order valence-electron chi connectivity index (χ4n) is 1.45. The van der Waals surface area contributed by atoms with Crippen molar-refractivity contribution in [3.05, 3.63) is 11.4 Å². The number of carbonyl (C=O) groups is 1. The smallest absolute Gasteiger partial charge is 0.360 e. The molecule has 7 heteroatoms. The Hall–Kier alpha value is -1.47. The van der Waals surface area contributed by atoms with Gasteiger partial charge in [0, 0.05) is 6.54 Å². The van der Waals surface area contributed by atoms with E-state index in [1.54, 1.807) is 11.6 Å². The lowest BCUT2D eigenvalue weighted by molar-refractivity contribution is 0.0517. The van der Waals surface area contributed by atoms with Crippen LogP contribution in [-0.2, 0) is 22.6 Å². The van der Waals surface area contributed by atoms with Crippen molar-refractivity contribution in [2.24, 2.45) is 5.73 Å². The Morgan fingerprint density at radius 1 is 1.50 bits per heavy atom. The van der Waals surface area contributed by atoms with Crippen LogP contribution in [0.15, 0.2) is 0 Å². The SMILES string of the molecule is CCOC(=O)c1nnn(CCOC(C)C)c1CN. The van der Waals surface area contributed by atoms with Gasteiger partial charge in [0.15, 0.2) is 5.69 Å². The summed E-state index contributed by atoms with van der Waals surface area (Å²) in [5.41, 5.74) is 6.37. The highest BCUT2D eigenvalue weighted by atomic mass is 16.5. The molecule has 0 spiro atoms. The Kier molecular flexibility index (Phi) is 5.73. The summed E-state index contributed by atoms with van der Waals surface area (Å²) in [4.78, 5) is 11.6. The van der Waals surface area contributed by atoms with Gasteiger partial charge in [-0.2, -0.15) is 0 Å². The normalized spacial score (nSPS) is 10.9. The molecule has 0 bridgehead atoms. The van der Waals surface area contributed by atoms with Crippen LogP contribution in [0.5, 0.6) is 0 Å². The molecule has 0 fully saturated rings. The Bertz CT molecular complexity index is 390. The Balaban J connectivity index is 2.72. The van der Waals surface area contributed by atoms with Gasteiger partial charge in [0.05, 0.1) is 31.6 Å². The number of nitrogens with zero attached hydrogens (tertiary/aromatic N) is 3. The largest absolute Gasteiger partial charge is 0.461 e. The second kappa shape index (κ2) is 7.07. The van der Waals surface area contributed by atoms with Crippen LogP contribution in [0.25, 0.3) is 0 Å². The lowest BCUT2D eigenvalue weighted by Gasteiger charge is -2.08. The molecule has 1 heterocycles. The quantitative estimate of drug-likeness (QED) is 0.707. The minimum atomic E-state index is -0.492. The van der Waals surface area contributed by atoms with Gasteiger partial charge in [-0.05, 0) is 20.8 Å². The number of hydrogen-bond acceptors (Lipinski definition) is 6. The maximum Gasteiger partial charge on any atom is 0.360 e. The fourth-order valence-corrected chi connectivity index (χ4v) is 1.45. The third-order valence-electron chi connectivity index (χ3n) is 2.25. The van der Waals surface area contributed by atoms with Crippen LogP contribution in [-0.4, -0.2) is 40.3 Å². The van der Waals surface area contributed by atoms with Gasteiger partial charge in [0.25, 0.3) is 0 Å². The van der Waals surface area contributed by atoms with Crippen LogP contribution in [0.2, 0.25) is 0 Å². The molecule has 0 saturated carbocycles. The van der Waals surface area contributed by atoms with E-state index in [-0.39, 0.29) is 18.3 Å². The molecule has 7 nitrogen and oxygen atoms in total. The maximum atomic E-state index is 11.6. The number of carbonyl (C=O) groups excluding carboxylic acids is 1. The van der Waals surface area contributed by atoms with Crippen molar-refractivity contribution in [2.75, 3.05) is 13.2 Å². The summed E-state index contributed by atoms with van der Waals surface area (Å²) in [5.74, 6) is -0.492. The summed E-state index contributed by atoms with van der Waals surface area (Å²) in [7, 11) is 0. The first-order valence-electron chi connectivity index (χ1n) is 6.01. The number of aromatic nitrogens is 3. The summed E-state index contributed by atoms with van der Waals surface area (Å²) in [6, 6.07) is 0. The van der Waals surface area contributed by atoms with E-state index in [1.165, 1.54) is 0 Å². The first-order valence-corrected chi connectivity index (χ1v) is 6.01. The van der Waals surface area contributed by atoms with E-state index < -0.39 is 5.97 Å². The average Bonchev–Trinajstić information content (AvgIpc) is 2.72. The highest BCUT2D eigenvalue weighted by Crippen LogP contribution is 2.06. The zero-order valence-corrected chi connectivity index (χ0v) is 11.0. The molecular formula is C11H20N4O3. The second-order valence-corrected chi connectivity index (χ2v) is 3.95. The van der Waals surface area contributed by atoms with Gasteiger partial charge in [-0.25, -0.2) is 9.48 Å². The molecule has 0 aliphatic carbocycles. The minimum absolute atomic E-state index is 0.152. The predicted octanol–water partition coefficient (Wildman–Crippen LogP) is 0.338. The van der Waals surface area contributed by atoms with E-state index in [2.05, 4.69) is 10.3 Å². The molecule has 0 saturated heterocycles. The summed E-state index contributed by atoms with van der Waals surface area (Å²) in [6.45, 7) is 7.13. The van der Waals surface area contributed by atoms with Gasteiger partial charge in [-0.1, -0.05) is 5.21 Å². The van der Waals surface area contributed by atoms with Gasteiger partial charge in [0.1, 0.15) is 0 Å². The molecule has 18 heavy (non-hydrogen) atoms. The molecule has 0 radical (unpaired) electrons. The number of hydrogen-bond donors (Lipinski definition) is 1. The van der Waals surface area contributed by atoms with Crippen LogP contribution in [0, 0.1) is 0 Å². The number of esters is 1. The monoisotopic (exact) mass is 256 g/mol. The lowest BCUT2D eigenvalue weighted by Crippen LogP contribution is -2.17. The average molecular weight is 256 g/mol. The van der Waals surface area contributed by atoms with Crippen molar-refractivity contribution >= 4 is 5.97 Å². The second-order valence-electron chi connectivity index (χ2n) is 3.95. The molecule has 1 aromatic heterocycles. The van der Waals surface area contributed by atoms with Crippen LogP contribution in [0.1, 0.15) is 37.0 Å². The predicted molar refractivity (Wildman–Crippen MR) is 65.0 cm³/mol. The van der Waals surface area contributed by atoms with Gasteiger partial charge >= 0.3 is 5.97 Å². The van der Waals surface area contributed by atoms with Gasteiger partial charge < -0.3 is 15.2 Å². The zero-order valence-electron chi connectivity index (χ0n) is 11.0. The van der Waals surface area contributed by atoms with Crippen molar-refractivity contribution in [3.63, 3.8) is 0 Å². The molecule has 0 unspecified atom stereocenters. The molecule has 0 aliphatic heterocycles. The maximum absolute atomic E-state index is 11.6. The third kappa shape index (κ3) is 3.78. The number of rotatable bonds is 7. The van der Waals surface area contributed by atoms with E-state index in [0.29, 0.717) is 25.5 Å². The van der Waals surface area contributed by atoms with Crippen molar-refractivity contribution in [2.45, 2.75) is 40.0 Å². The molecule has 1 rings (SSSR count). The highest BCUT2D eigenvalue weighted by molar-refractivity contribution is 5.88. The third-order valence-corrected chi connectivity index (χ3v) is 2.25. The van der Waals surface area contributed by atoms with E-state index >= 15 is 0 Å². The van der Waals surface area contributed by atoms with Gasteiger partial charge in [-0.15, -0.1) is 5.10 Å². The van der Waals surface area contributed by atoms with Crippen LogP contribution in [0.3, 0.4) is 0 Å². The van der Waals surface area contributed by atoms with E-state index in [0.717, 1.165) is 0 Å². The van der Waals surface area contributed by atoms with Crippen LogP contribution in [0.4, 0.5) is 0 Å². The van der Waals surface area contributed by atoms with Crippen molar-refractivity contribution in [1.29, 1.82) is 0 Å². The summed E-state index contributed by atoms with van der Waals surface area (Å²) >= 11 is 0. The van der Waals surface area contributed by atoms with E-state index in [9.17, 15) is 4.79 Å². The molecule has 0 atom stereocenters. The van der Waals surface area contributed by atoms with Crippen molar-refractivity contribution < 1.29 is 14.3 Å². The zero-order chi connectivity index (χ0) is 13.5. The highest BCUT2D eigenvalue weighted by Gasteiger charge is 2.19. The summed E-state index contributed by atoms with van der Waals surface area (Å²) in [6.07, 6.45) is 0.152. The molecule has 102 valence electrons. The minimum Gasteiger partial charge on any atom is -0.461 e. The van der Waals surface area contributed by atoms with Gasteiger partial charge in [0.2, 0.25) is 0 Å².